The minimum Gasteiger partial charge on any atom is -0.294 e. The molecule has 0 fully saturated rings. The van der Waals surface area contributed by atoms with Gasteiger partial charge in [0.05, 0.1) is 24.0 Å². The van der Waals surface area contributed by atoms with Gasteiger partial charge in [0.15, 0.2) is 5.65 Å². The first kappa shape index (κ1) is 17.9. The second-order valence-corrected chi connectivity index (χ2v) is 6.14. The highest BCUT2D eigenvalue weighted by Gasteiger charge is 2.29. The molecule has 0 spiro atoms. The Hall–Kier alpha value is -3.49. The lowest BCUT2D eigenvalue weighted by Gasteiger charge is -2.09. The fourth-order valence-electron chi connectivity index (χ4n) is 2.83. The van der Waals surface area contributed by atoms with Gasteiger partial charge in [-0.25, -0.2) is 14.1 Å². The normalized spacial score (nSPS) is 11.9. The second-order valence-electron chi connectivity index (χ2n) is 6.14. The molecule has 4 aromatic rings. The molecular formula is C19H12F4N4O. The summed E-state index contributed by atoms with van der Waals surface area (Å²) in [6.45, 7) is 0.0711. The lowest BCUT2D eigenvalue weighted by molar-refractivity contribution is -0.137. The maximum Gasteiger partial charge on any atom is 0.416 e. The molecule has 142 valence electrons. The Morgan fingerprint density at radius 3 is 2.29 bits per heavy atom. The summed E-state index contributed by atoms with van der Waals surface area (Å²) >= 11 is 0. The maximum atomic E-state index is 13.1. The van der Waals surface area contributed by atoms with Crippen LogP contribution in [0.1, 0.15) is 11.1 Å². The lowest BCUT2D eigenvalue weighted by Crippen LogP contribution is -2.21. The number of rotatable bonds is 3. The molecule has 0 aliphatic heterocycles. The zero-order chi connectivity index (χ0) is 19.9. The van der Waals surface area contributed by atoms with Crippen LogP contribution in [-0.2, 0) is 12.7 Å². The van der Waals surface area contributed by atoms with E-state index in [0.717, 1.165) is 12.1 Å². The largest absolute Gasteiger partial charge is 0.416 e. The Morgan fingerprint density at radius 1 is 0.964 bits per heavy atom. The van der Waals surface area contributed by atoms with Gasteiger partial charge >= 0.3 is 6.18 Å². The first-order valence-corrected chi connectivity index (χ1v) is 8.18. The Labute approximate surface area is 155 Å². The van der Waals surface area contributed by atoms with Crippen LogP contribution in [0.5, 0.6) is 0 Å². The monoisotopic (exact) mass is 388 g/mol. The Morgan fingerprint density at radius 2 is 1.64 bits per heavy atom. The van der Waals surface area contributed by atoms with E-state index in [1.165, 1.54) is 58.2 Å². The number of hydrogen-bond acceptors (Lipinski definition) is 3. The minimum absolute atomic E-state index is 0.0711. The first-order valence-electron chi connectivity index (χ1n) is 8.18. The van der Waals surface area contributed by atoms with Crippen LogP contribution >= 0.6 is 0 Å². The quantitative estimate of drug-likeness (QED) is 0.502. The summed E-state index contributed by atoms with van der Waals surface area (Å²) in [5, 5.41) is 4.39. The summed E-state index contributed by atoms with van der Waals surface area (Å²) < 4.78 is 53.8. The van der Waals surface area contributed by atoms with Crippen LogP contribution in [0.25, 0.3) is 16.7 Å². The van der Waals surface area contributed by atoms with Crippen LogP contribution < -0.4 is 5.56 Å². The predicted molar refractivity (Wildman–Crippen MR) is 93.6 cm³/mol. The van der Waals surface area contributed by atoms with Gasteiger partial charge in [-0.15, -0.1) is 0 Å². The third-order valence-corrected chi connectivity index (χ3v) is 4.26. The highest BCUT2D eigenvalue weighted by molar-refractivity contribution is 5.74. The van der Waals surface area contributed by atoms with Crippen molar-refractivity contribution in [3.63, 3.8) is 0 Å². The average molecular weight is 388 g/mol. The van der Waals surface area contributed by atoms with Gasteiger partial charge in [0, 0.05) is 0 Å². The molecule has 0 saturated carbocycles. The van der Waals surface area contributed by atoms with Gasteiger partial charge in [0.2, 0.25) is 0 Å². The molecule has 0 N–H and O–H groups in total. The van der Waals surface area contributed by atoms with Crippen molar-refractivity contribution in [1.82, 2.24) is 19.3 Å². The summed E-state index contributed by atoms with van der Waals surface area (Å²) in [7, 11) is 0. The lowest BCUT2D eigenvalue weighted by atomic mass is 10.1. The third kappa shape index (κ3) is 3.26. The van der Waals surface area contributed by atoms with Crippen LogP contribution in [0.2, 0.25) is 0 Å². The molecule has 28 heavy (non-hydrogen) atoms. The summed E-state index contributed by atoms with van der Waals surface area (Å²) in [5.41, 5.74) is 0.252. The standard InChI is InChI=1S/C19H12F4N4O/c20-14-5-7-15(8-6-14)27-17-16(9-25-27)18(28)26(11-24-17)10-12-1-3-13(4-2-12)19(21,22)23/h1-9,11H,10H2. The van der Waals surface area contributed by atoms with E-state index in [1.807, 2.05) is 0 Å². The molecule has 0 amide bonds. The Kier molecular flexibility index (Phi) is 4.21. The summed E-state index contributed by atoms with van der Waals surface area (Å²) in [4.78, 5) is 16.9. The predicted octanol–water partition coefficient (Wildman–Crippen LogP) is 3.79. The minimum atomic E-state index is -4.41. The molecule has 2 aromatic carbocycles. The van der Waals surface area contributed by atoms with Crippen molar-refractivity contribution in [2.45, 2.75) is 12.7 Å². The van der Waals surface area contributed by atoms with E-state index in [1.54, 1.807) is 0 Å². The highest BCUT2D eigenvalue weighted by Crippen LogP contribution is 2.29. The maximum absolute atomic E-state index is 13.1. The molecule has 0 unspecified atom stereocenters. The molecule has 0 aliphatic carbocycles. The number of hydrogen-bond donors (Lipinski definition) is 0. The van der Waals surface area contributed by atoms with Crippen LogP contribution in [0.4, 0.5) is 17.6 Å². The number of alkyl halides is 3. The van der Waals surface area contributed by atoms with Gasteiger partial charge in [-0.2, -0.15) is 18.3 Å². The van der Waals surface area contributed by atoms with Gasteiger partial charge in [-0.1, -0.05) is 12.1 Å². The van der Waals surface area contributed by atoms with E-state index < -0.39 is 17.6 Å². The van der Waals surface area contributed by atoms with E-state index in [-0.39, 0.29) is 17.5 Å². The van der Waals surface area contributed by atoms with Gasteiger partial charge in [-0.3, -0.25) is 9.36 Å². The average Bonchev–Trinajstić information content (AvgIpc) is 3.09. The van der Waals surface area contributed by atoms with Crippen molar-refractivity contribution < 1.29 is 17.6 Å². The number of aromatic nitrogens is 4. The van der Waals surface area contributed by atoms with Gasteiger partial charge in [0.25, 0.3) is 5.56 Å². The fraction of sp³-hybridized carbons (Fsp3) is 0.105. The molecule has 9 heteroatoms. The van der Waals surface area contributed by atoms with E-state index >= 15 is 0 Å². The molecule has 0 aliphatic rings. The van der Waals surface area contributed by atoms with E-state index in [9.17, 15) is 22.4 Å². The van der Waals surface area contributed by atoms with Crippen LogP contribution in [0.15, 0.2) is 65.8 Å². The van der Waals surface area contributed by atoms with E-state index in [0.29, 0.717) is 16.9 Å². The van der Waals surface area contributed by atoms with E-state index in [4.69, 9.17) is 0 Å². The summed E-state index contributed by atoms with van der Waals surface area (Å²) in [5.74, 6) is -0.396. The van der Waals surface area contributed by atoms with Crippen molar-refractivity contribution in [2.24, 2.45) is 0 Å². The number of halogens is 4. The second kappa shape index (κ2) is 6.59. The zero-order valence-electron chi connectivity index (χ0n) is 14.2. The van der Waals surface area contributed by atoms with Crippen LogP contribution in [0.3, 0.4) is 0 Å². The SMILES string of the molecule is O=c1c2cnn(-c3ccc(F)cc3)c2ncn1Cc1ccc(C(F)(F)F)cc1. The molecule has 0 atom stereocenters. The molecule has 2 aromatic heterocycles. The molecule has 0 radical (unpaired) electrons. The van der Waals surface area contributed by atoms with Crippen molar-refractivity contribution >= 4 is 11.0 Å². The van der Waals surface area contributed by atoms with Gasteiger partial charge in [0.1, 0.15) is 17.5 Å². The van der Waals surface area contributed by atoms with Crippen molar-refractivity contribution in [3.8, 4) is 5.69 Å². The van der Waals surface area contributed by atoms with Crippen LogP contribution in [-0.4, -0.2) is 19.3 Å². The molecule has 2 heterocycles. The van der Waals surface area contributed by atoms with Crippen LogP contribution in [0, 0.1) is 5.82 Å². The van der Waals surface area contributed by atoms with Gasteiger partial charge < -0.3 is 0 Å². The topological polar surface area (TPSA) is 52.7 Å². The smallest absolute Gasteiger partial charge is 0.294 e. The number of fused-ring (bicyclic) bond motifs is 1. The highest BCUT2D eigenvalue weighted by atomic mass is 19.4. The fourth-order valence-corrected chi connectivity index (χ4v) is 2.83. The molecular weight excluding hydrogens is 376 g/mol. The zero-order valence-corrected chi connectivity index (χ0v) is 14.2. The Balaban J connectivity index is 1.67. The van der Waals surface area contributed by atoms with Crippen molar-refractivity contribution in [2.75, 3.05) is 0 Å². The van der Waals surface area contributed by atoms with Gasteiger partial charge in [-0.05, 0) is 42.0 Å². The van der Waals surface area contributed by atoms with Crippen molar-refractivity contribution in [1.29, 1.82) is 0 Å². The Bertz CT molecular complexity index is 1190. The molecule has 4 rings (SSSR count). The molecule has 5 nitrogen and oxygen atoms in total. The first-order chi connectivity index (χ1) is 13.3. The molecule has 0 bridgehead atoms. The number of nitrogens with zero attached hydrogens (tertiary/aromatic N) is 4. The summed E-state index contributed by atoms with van der Waals surface area (Å²) in [6, 6.07) is 10.2. The van der Waals surface area contributed by atoms with Crippen molar-refractivity contribution in [3.05, 3.63) is 88.4 Å². The number of benzene rings is 2. The molecule has 0 saturated heterocycles. The third-order valence-electron chi connectivity index (χ3n) is 4.26. The summed E-state index contributed by atoms with van der Waals surface area (Å²) in [6.07, 6.45) is -1.74. The van der Waals surface area contributed by atoms with E-state index in [2.05, 4.69) is 10.1 Å².